The first kappa shape index (κ1) is 20.5. The normalized spacial score (nSPS) is 20.8. The van der Waals surface area contributed by atoms with E-state index in [-0.39, 0.29) is 17.4 Å². The van der Waals surface area contributed by atoms with E-state index in [2.05, 4.69) is 5.32 Å². The lowest BCUT2D eigenvalue weighted by Crippen LogP contribution is -2.36. The van der Waals surface area contributed by atoms with Crippen molar-refractivity contribution >= 4 is 17.4 Å². The fourth-order valence-corrected chi connectivity index (χ4v) is 4.50. The van der Waals surface area contributed by atoms with Crippen molar-refractivity contribution in [1.82, 2.24) is 5.32 Å². The molecule has 158 valence electrons. The number of allylic oxidation sites excluding steroid dienone is 3. The van der Waals surface area contributed by atoms with Crippen molar-refractivity contribution in [3.05, 3.63) is 98.4 Å². The van der Waals surface area contributed by atoms with Crippen LogP contribution < -0.4 is 5.32 Å². The molecule has 7 heteroatoms. The number of nitro benzene ring substituents is 1. The second-order valence-corrected chi connectivity index (χ2v) is 7.77. The van der Waals surface area contributed by atoms with Gasteiger partial charge in [0.15, 0.2) is 5.78 Å². The van der Waals surface area contributed by atoms with Gasteiger partial charge in [0, 0.05) is 41.4 Å². The summed E-state index contributed by atoms with van der Waals surface area (Å²) >= 11 is 0. The fourth-order valence-electron chi connectivity index (χ4n) is 4.50. The molecule has 0 radical (unpaired) electrons. The summed E-state index contributed by atoms with van der Waals surface area (Å²) in [6.45, 7) is 1.78. The molecule has 1 N–H and O–H groups in total. The Hall–Kier alpha value is -3.74. The molecule has 0 bridgehead atoms. The summed E-state index contributed by atoms with van der Waals surface area (Å²) in [4.78, 5) is 36.6. The fraction of sp³-hybridized carbons (Fsp3) is 0.250. The zero-order chi connectivity index (χ0) is 22.1. The van der Waals surface area contributed by atoms with Gasteiger partial charge in [0.1, 0.15) is 0 Å². The smallest absolute Gasteiger partial charge is 0.336 e. The van der Waals surface area contributed by atoms with Crippen molar-refractivity contribution in [2.24, 2.45) is 0 Å². The molecule has 7 nitrogen and oxygen atoms in total. The SMILES string of the molecule is COC(=O)C1=C(C)NC2=C(C(=O)C[C@H](c3ccccc3)C2)[C@H]1c1ccc([N+](=O)[O-])cc1. The quantitative estimate of drug-likeness (QED) is 0.455. The highest BCUT2D eigenvalue weighted by Crippen LogP contribution is 2.45. The molecule has 4 rings (SSSR count). The maximum atomic E-state index is 13.4. The lowest BCUT2D eigenvalue weighted by molar-refractivity contribution is -0.384. The Labute approximate surface area is 179 Å². The summed E-state index contributed by atoms with van der Waals surface area (Å²) in [5.41, 5.74) is 3.98. The lowest BCUT2D eigenvalue weighted by Gasteiger charge is -2.36. The van der Waals surface area contributed by atoms with Crippen LogP contribution in [0.15, 0.2) is 77.1 Å². The number of esters is 1. The summed E-state index contributed by atoms with van der Waals surface area (Å²) < 4.78 is 5.00. The summed E-state index contributed by atoms with van der Waals surface area (Å²) in [7, 11) is 1.30. The van der Waals surface area contributed by atoms with Gasteiger partial charge < -0.3 is 10.1 Å². The van der Waals surface area contributed by atoms with Gasteiger partial charge in [0.05, 0.1) is 17.6 Å². The molecule has 0 saturated heterocycles. The molecular formula is C24H22N2O5. The first-order valence-corrected chi connectivity index (χ1v) is 10.0. The molecule has 0 fully saturated rings. The second-order valence-electron chi connectivity index (χ2n) is 7.77. The average Bonchev–Trinajstić information content (AvgIpc) is 2.78. The summed E-state index contributed by atoms with van der Waals surface area (Å²) in [6.07, 6.45) is 0.974. The van der Waals surface area contributed by atoms with Crippen LogP contribution in [0.2, 0.25) is 0 Å². The minimum atomic E-state index is -0.631. The zero-order valence-electron chi connectivity index (χ0n) is 17.3. The highest BCUT2D eigenvalue weighted by molar-refractivity contribution is 6.04. The minimum absolute atomic E-state index is 0.0418. The van der Waals surface area contributed by atoms with E-state index < -0.39 is 16.8 Å². The molecule has 2 aromatic rings. The van der Waals surface area contributed by atoms with Crippen LogP contribution in [0, 0.1) is 10.1 Å². The number of ketones is 1. The Kier molecular flexibility index (Phi) is 5.42. The van der Waals surface area contributed by atoms with Gasteiger partial charge in [-0.1, -0.05) is 42.5 Å². The summed E-state index contributed by atoms with van der Waals surface area (Å²) in [5.74, 6) is -1.16. The molecule has 2 aromatic carbocycles. The number of benzene rings is 2. The van der Waals surface area contributed by atoms with Gasteiger partial charge in [-0.2, -0.15) is 0 Å². The van der Waals surface area contributed by atoms with E-state index in [9.17, 15) is 19.7 Å². The highest BCUT2D eigenvalue weighted by Gasteiger charge is 2.41. The van der Waals surface area contributed by atoms with E-state index in [0.29, 0.717) is 35.2 Å². The Balaban J connectivity index is 1.80. The Morgan fingerprint density at radius 1 is 1.06 bits per heavy atom. The summed E-state index contributed by atoms with van der Waals surface area (Å²) in [6, 6.07) is 15.9. The van der Waals surface area contributed by atoms with Crippen molar-refractivity contribution in [3.8, 4) is 0 Å². The van der Waals surface area contributed by atoms with Crippen molar-refractivity contribution < 1.29 is 19.2 Å². The number of carbonyl (C=O) groups is 2. The maximum Gasteiger partial charge on any atom is 0.336 e. The van der Waals surface area contributed by atoms with Gasteiger partial charge in [0.25, 0.3) is 5.69 Å². The molecule has 0 spiro atoms. The Morgan fingerprint density at radius 2 is 1.74 bits per heavy atom. The standard InChI is InChI=1S/C24H22N2O5/c1-14-21(24(28)31-2)22(16-8-10-18(11-9-16)26(29)30)23-19(25-14)12-17(13-20(23)27)15-6-4-3-5-7-15/h3-11,17,22,25H,12-13H2,1-2H3/t17-,22+/m1/s1. The van der Waals surface area contributed by atoms with Gasteiger partial charge >= 0.3 is 5.97 Å². The van der Waals surface area contributed by atoms with Crippen LogP contribution in [0.1, 0.15) is 42.7 Å². The van der Waals surface area contributed by atoms with Crippen LogP contribution in [0.25, 0.3) is 0 Å². The first-order valence-electron chi connectivity index (χ1n) is 10.0. The molecule has 1 heterocycles. The molecule has 0 aromatic heterocycles. The summed E-state index contributed by atoms with van der Waals surface area (Å²) in [5, 5.41) is 14.3. The topological polar surface area (TPSA) is 98.5 Å². The van der Waals surface area contributed by atoms with E-state index in [1.807, 2.05) is 30.3 Å². The van der Waals surface area contributed by atoms with Crippen molar-refractivity contribution in [2.45, 2.75) is 31.6 Å². The molecule has 2 aliphatic rings. The monoisotopic (exact) mass is 418 g/mol. The number of nitro groups is 1. The van der Waals surface area contributed by atoms with Crippen LogP contribution in [-0.4, -0.2) is 23.8 Å². The van der Waals surface area contributed by atoms with Gasteiger partial charge in [-0.05, 0) is 30.4 Å². The van der Waals surface area contributed by atoms with E-state index in [4.69, 9.17) is 4.74 Å². The van der Waals surface area contributed by atoms with E-state index in [1.165, 1.54) is 19.2 Å². The number of rotatable bonds is 4. The van der Waals surface area contributed by atoms with Crippen LogP contribution in [-0.2, 0) is 14.3 Å². The van der Waals surface area contributed by atoms with Crippen molar-refractivity contribution in [1.29, 1.82) is 0 Å². The number of non-ortho nitro benzene ring substituents is 1. The van der Waals surface area contributed by atoms with Gasteiger partial charge in [-0.25, -0.2) is 4.79 Å². The predicted octanol–water partition coefficient (Wildman–Crippen LogP) is 4.13. The number of nitrogens with one attached hydrogen (secondary N) is 1. The second kappa shape index (κ2) is 8.18. The molecule has 0 unspecified atom stereocenters. The first-order chi connectivity index (χ1) is 14.9. The van der Waals surface area contributed by atoms with Crippen molar-refractivity contribution in [3.63, 3.8) is 0 Å². The van der Waals surface area contributed by atoms with Crippen molar-refractivity contribution in [2.75, 3.05) is 7.11 Å². The average molecular weight is 418 g/mol. The van der Waals surface area contributed by atoms with Crippen LogP contribution >= 0.6 is 0 Å². The van der Waals surface area contributed by atoms with E-state index >= 15 is 0 Å². The number of Topliss-reactive ketones (excluding diaryl/α,β-unsaturated/α-hetero) is 1. The van der Waals surface area contributed by atoms with E-state index in [1.54, 1.807) is 19.1 Å². The molecule has 0 amide bonds. The molecule has 1 aliphatic heterocycles. The van der Waals surface area contributed by atoms with Crippen LogP contribution in [0.5, 0.6) is 0 Å². The van der Waals surface area contributed by atoms with E-state index in [0.717, 1.165) is 11.3 Å². The maximum absolute atomic E-state index is 13.4. The third-order valence-corrected chi connectivity index (χ3v) is 5.94. The van der Waals surface area contributed by atoms with Gasteiger partial charge in [-0.15, -0.1) is 0 Å². The number of dihydropyridines is 1. The molecule has 31 heavy (non-hydrogen) atoms. The minimum Gasteiger partial charge on any atom is -0.466 e. The zero-order valence-corrected chi connectivity index (χ0v) is 17.3. The molecule has 2 atom stereocenters. The number of ether oxygens (including phenoxy) is 1. The molecule has 1 aliphatic carbocycles. The number of carbonyl (C=O) groups excluding carboxylic acids is 2. The van der Waals surface area contributed by atoms with Crippen LogP contribution in [0.3, 0.4) is 0 Å². The Morgan fingerprint density at radius 3 is 2.35 bits per heavy atom. The predicted molar refractivity (Wildman–Crippen MR) is 114 cm³/mol. The van der Waals surface area contributed by atoms with Crippen LogP contribution in [0.4, 0.5) is 5.69 Å². The third-order valence-electron chi connectivity index (χ3n) is 5.94. The lowest BCUT2D eigenvalue weighted by atomic mass is 9.71. The third kappa shape index (κ3) is 3.74. The van der Waals surface area contributed by atoms with Gasteiger partial charge in [-0.3, -0.25) is 14.9 Å². The number of nitrogens with zero attached hydrogens (tertiary/aromatic N) is 1. The van der Waals surface area contributed by atoms with Gasteiger partial charge in [0.2, 0.25) is 0 Å². The number of hydrogen-bond donors (Lipinski definition) is 1. The number of methoxy groups -OCH3 is 1. The largest absolute Gasteiger partial charge is 0.466 e. The number of hydrogen-bond acceptors (Lipinski definition) is 6. The highest BCUT2D eigenvalue weighted by atomic mass is 16.6. The Bertz CT molecular complexity index is 1120. The molecular weight excluding hydrogens is 396 g/mol. The molecule has 0 saturated carbocycles.